The number of pyridine rings is 2. The van der Waals surface area contributed by atoms with E-state index in [9.17, 15) is 13.2 Å². The Bertz CT molecular complexity index is 1030. The van der Waals surface area contributed by atoms with Gasteiger partial charge in [-0.25, -0.2) is 15.0 Å². The molecule has 0 saturated carbocycles. The lowest BCUT2D eigenvalue weighted by atomic mass is 9.97. The summed E-state index contributed by atoms with van der Waals surface area (Å²) in [6, 6.07) is 9.04. The van der Waals surface area contributed by atoms with E-state index in [-0.39, 0.29) is 16.9 Å². The van der Waals surface area contributed by atoms with Crippen LogP contribution in [0.4, 0.5) is 36.3 Å². The summed E-state index contributed by atoms with van der Waals surface area (Å²) in [6.07, 6.45) is -3.45. The number of aromatic nitrogens is 4. The minimum Gasteiger partial charge on any atom is -0.384 e. The van der Waals surface area contributed by atoms with Gasteiger partial charge < -0.3 is 16.4 Å². The molecule has 3 rings (SSSR count). The number of nitrogens with one attached hydrogen (secondary N) is 2. The van der Waals surface area contributed by atoms with Crippen LogP contribution in [0.2, 0.25) is 0 Å². The van der Waals surface area contributed by atoms with Crippen molar-refractivity contribution in [3.8, 4) is 11.5 Å². The van der Waals surface area contributed by atoms with Crippen molar-refractivity contribution in [3.63, 3.8) is 0 Å². The Hall–Kier alpha value is -3.43. The predicted molar refractivity (Wildman–Crippen MR) is 110 cm³/mol. The number of nitrogen functional groups attached to an aromatic ring is 1. The summed E-state index contributed by atoms with van der Waals surface area (Å²) in [7, 11) is 0. The van der Waals surface area contributed by atoms with Crippen molar-refractivity contribution in [3.05, 3.63) is 48.3 Å². The number of rotatable bonds is 5. The molecule has 3 aromatic rings. The van der Waals surface area contributed by atoms with Crippen molar-refractivity contribution in [1.82, 2.24) is 19.9 Å². The van der Waals surface area contributed by atoms with Gasteiger partial charge in [-0.1, -0.05) is 26.8 Å². The van der Waals surface area contributed by atoms with Gasteiger partial charge in [0.2, 0.25) is 0 Å². The van der Waals surface area contributed by atoms with Crippen LogP contribution < -0.4 is 16.4 Å². The molecule has 3 heterocycles. The molecule has 10 heteroatoms. The SMILES string of the molecule is CC(C)(C)CNc1cc(Nc2ccnc(C(F)(F)F)c2)nc(-c2cccc(N)n2)n1. The zero-order valence-corrected chi connectivity index (χ0v) is 16.7. The number of nitrogens with zero attached hydrogens (tertiary/aromatic N) is 4. The van der Waals surface area contributed by atoms with Gasteiger partial charge in [0.15, 0.2) is 5.82 Å². The van der Waals surface area contributed by atoms with E-state index in [2.05, 4.69) is 51.3 Å². The second-order valence-electron chi connectivity index (χ2n) is 7.88. The van der Waals surface area contributed by atoms with E-state index in [4.69, 9.17) is 5.73 Å². The molecule has 0 aliphatic carbocycles. The van der Waals surface area contributed by atoms with Crippen molar-refractivity contribution in [1.29, 1.82) is 0 Å². The average Bonchev–Trinajstić information content (AvgIpc) is 2.65. The molecular formula is C20H22F3N7. The fourth-order valence-corrected chi connectivity index (χ4v) is 2.46. The second-order valence-corrected chi connectivity index (χ2v) is 7.88. The number of anilines is 4. The topological polar surface area (TPSA) is 102 Å². The fraction of sp³-hybridized carbons (Fsp3) is 0.300. The van der Waals surface area contributed by atoms with Crippen LogP contribution in [0.25, 0.3) is 11.5 Å². The van der Waals surface area contributed by atoms with E-state index in [1.165, 1.54) is 6.07 Å². The van der Waals surface area contributed by atoms with Crippen LogP contribution in [0.1, 0.15) is 26.5 Å². The number of nitrogens with two attached hydrogens (primary N) is 1. The van der Waals surface area contributed by atoms with E-state index in [1.807, 2.05) is 0 Å². The molecule has 30 heavy (non-hydrogen) atoms. The lowest BCUT2D eigenvalue weighted by molar-refractivity contribution is -0.141. The molecule has 0 spiro atoms. The highest BCUT2D eigenvalue weighted by Gasteiger charge is 2.32. The first-order valence-electron chi connectivity index (χ1n) is 9.16. The largest absolute Gasteiger partial charge is 0.433 e. The van der Waals surface area contributed by atoms with E-state index in [1.54, 1.807) is 24.3 Å². The molecule has 0 unspecified atom stereocenters. The maximum Gasteiger partial charge on any atom is 0.433 e. The third-order valence-electron chi connectivity index (χ3n) is 3.85. The number of hydrogen-bond donors (Lipinski definition) is 3. The van der Waals surface area contributed by atoms with Crippen molar-refractivity contribution in [2.24, 2.45) is 5.41 Å². The van der Waals surface area contributed by atoms with E-state index >= 15 is 0 Å². The van der Waals surface area contributed by atoms with Crippen LogP contribution >= 0.6 is 0 Å². The third kappa shape index (κ3) is 5.79. The highest BCUT2D eigenvalue weighted by atomic mass is 19.4. The van der Waals surface area contributed by atoms with Crippen LogP contribution in [-0.2, 0) is 6.18 Å². The Morgan fingerprint density at radius 2 is 1.70 bits per heavy atom. The van der Waals surface area contributed by atoms with Crippen molar-refractivity contribution in [2.75, 3.05) is 22.9 Å². The summed E-state index contributed by atoms with van der Waals surface area (Å²) < 4.78 is 38.9. The number of halogens is 3. The third-order valence-corrected chi connectivity index (χ3v) is 3.85. The molecule has 0 saturated heterocycles. The summed E-state index contributed by atoms with van der Waals surface area (Å²) in [5.74, 6) is 1.41. The molecule has 0 atom stereocenters. The van der Waals surface area contributed by atoms with Crippen LogP contribution in [0.5, 0.6) is 0 Å². The molecule has 0 aliphatic rings. The van der Waals surface area contributed by atoms with Gasteiger partial charge in [0.25, 0.3) is 0 Å². The standard InChI is InChI=1S/C20H22F3N7/c1-19(2,3)11-26-16-10-17(27-12-7-8-25-14(9-12)20(21,22)23)30-18(29-16)13-5-4-6-15(24)28-13/h4-10H,11H2,1-3H3,(H2,24,28)(H2,25,26,27,29,30). The molecule has 0 fully saturated rings. The molecule has 7 nitrogen and oxygen atoms in total. The van der Waals surface area contributed by atoms with Crippen LogP contribution in [0.3, 0.4) is 0 Å². The second kappa shape index (κ2) is 8.13. The quantitative estimate of drug-likeness (QED) is 0.551. The Balaban J connectivity index is 1.97. The Morgan fingerprint density at radius 1 is 0.967 bits per heavy atom. The summed E-state index contributed by atoms with van der Waals surface area (Å²) in [6.45, 7) is 6.82. The van der Waals surface area contributed by atoms with Gasteiger partial charge in [-0.3, -0.25) is 4.98 Å². The molecule has 0 aromatic carbocycles. The summed E-state index contributed by atoms with van der Waals surface area (Å²) in [5, 5.41) is 6.12. The first-order valence-corrected chi connectivity index (χ1v) is 9.16. The van der Waals surface area contributed by atoms with Crippen LogP contribution in [0.15, 0.2) is 42.6 Å². The summed E-state index contributed by atoms with van der Waals surface area (Å²) >= 11 is 0. The van der Waals surface area contributed by atoms with Crippen molar-refractivity contribution in [2.45, 2.75) is 26.9 Å². The highest BCUT2D eigenvalue weighted by molar-refractivity contribution is 5.64. The molecular weight excluding hydrogens is 395 g/mol. The maximum atomic E-state index is 13.0. The normalized spacial score (nSPS) is 11.9. The molecule has 0 amide bonds. The Morgan fingerprint density at radius 3 is 2.37 bits per heavy atom. The van der Waals surface area contributed by atoms with Gasteiger partial charge in [-0.2, -0.15) is 13.2 Å². The van der Waals surface area contributed by atoms with Crippen LogP contribution in [0, 0.1) is 5.41 Å². The minimum atomic E-state index is -4.54. The van der Waals surface area contributed by atoms with Gasteiger partial charge in [-0.05, 0) is 29.7 Å². The van der Waals surface area contributed by atoms with E-state index in [0.29, 0.717) is 29.7 Å². The van der Waals surface area contributed by atoms with Crippen molar-refractivity contribution >= 4 is 23.1 Å². The van der Waals surface area contributed by atoms with Gasteiger partial charge in [-0.15, -0.1) is 0 Å². The first kappa shape index (κ1) is 21.3. The first-order chi connectivity index (χ1) is 14.0. The molecule has 4 N–H and O–H groups in total. The summed E-state index contributed by atoms with van der Waals surface area (Å²) in [5.41, 5.74) is 5.40. The lowest BCUT2D eigenvalue weighted by Crippen LogP contribution is -2.20. The predicted octanol–water partition coefficient (Wildman–Crippen LogP) is 4.74. The summed E-state index contributed by atoms with van der Waals surface area (Å²) in [4.78, 5) is 16.5. The molecule has 0 radical (unpaired) electrons. The van der Waals surface area contributed by atoms with Gasteiger partial charge in [0, 0.05) is 24.5 Å². The lowest BCUT2D eigenvalue weighted by Gasteiger charge is -2.20. The maximum absolute atomic E-state index is 13.0. The van der Waals surface area contributed by atoms with E-state index in [0.717, 1.165) is 12.3 Å². The molecule has 158 valence electrons. The fourth-order valence-electron chi connectivity index (χ4n) is 2.46. The van der Waals surface area contributed by atoms with E-state index < -0.39 is 11.9 Å². The molecule has 3 aromatic heterocycles. The van der Waals surface area contributed by atoms with Crippen molar-refractivity contribution < 1.29 is 13.2 Å². The monoisotopic (exact) mass is 417 g/mol. The smallest absolute Gasteiger partial charge is 0.384 e. The van der Waals surface area contributed by atoms with Gasteiger partial charge in [0.1, 0.15) is 28.8 Å². The average molecular weight is 417 g/mol. The molecule has 0 bridgehead atoms. The molecule has 0 aliphatic heterocycles. The minimum absolute atomic E-state index is 0.0131. The van der Waals surface area contributed by atoms with Gasteiger partial charge in [0.05, 0.1) is 0 Å². The number of hydrogen-bond acceptors (Lipinski definition) is 7. The Kier molecular flexibility index (Phi) is 5.77. The van der Waals surface area contributed by atoms with Gasteiger partial charge >= 0.3 is 6.18 Å². The van der Waals surface area contributed by atoms with Crippen LogP contribution in [-0.4, -0.2) is 26.5 Å². The highest BCUT2D eigenvalue weighted by Crippen LogP contribution is 2.30. The Labute approximate surface area is 172 Å². The zero-order valence-electron chi connectivity index (χ0n) is 16.7. The number of alkyl halides is 3. The zero-order chi connectivity index (χ0) is 21.9.